The molecule has 1 fully saturated rings. The molecule has 1 aliphatic rings. The molecule has 6 nitrogen and oxygen atoms in total. The van der Waals surface area contributed by atoms with Gasteiger partial charge in [0.15, 0.2) is 5.16 Å². The molecule has 1 amide bonds. The molecule has 1 saturated heterocycles. The van der Waals surface area contributed by atoms with E-state index < -0.39 is 6.10 Å². The fraction of sp³-hybridized carbons (Fsp3) is 0.312. The van der Waals surface area contributed by atoms with Gasteiger partial charge in [-0.25, -0.2) is 9.97 Å². The molecule has 1 aromatic carbocycles. The van der Waals surface area contributed by atoms with Gasteiger partial charge in [0.1, 0.15) is 5.82 Å². The number of hydrogen-bond acceptors (Lipinski definition) is 6. The summed E-state index contributed by atoms with van der Waals surface area (Å²) in [4.78, 5) is 22.6. The van der Waals surface area contributed by atoms with Crippen molar-refractivity contribution in [2.75, 3.05) is 25.1 Å². The van der Waals surface area contributed by atoms with Gasteiger partial charge in [-0.3, -0.25) is 4.79 Å². The monoisotopic (exact) mass is 330 g/mol. The van der Waals surface area contributed by atoms with E-state index in [1.165, 1.54) is 11.8 Å². The number of amides is 1. The molecule has 23 heavy (non-hydrogen) atoms. The van der Waals surface area contributed by atoms with Crippen LogP contribution < -0.4 is 5.73 Å². The van der Waals surface area contributed by atoms with E-state index in [0.29, 0.717) is 36.0 Å². The minimum Gasteiger partial charge on any atom is -0.391 e. The molecular weight excluding hydrogens is 312 g/mol. The summed E-state index contributed by atoms with van der Waals surface area (Å²) in [6, 6.07) is 8.98. The number of rotatable bonds is 3. The minimum atomic E-state index is -0.410. The summed E-state index contributed by atoms with van der Waals surface area (Å²) in [6.07, 6.45) is 2.12. The Bertz CT molecular complexity index is 721. The number of β-amino-alcohol motifs (C(OH)–C–C–N with tert-alkyl or cyclic N) is 1. The lowest BCUT2D eigenvalue weighted by Crippen LogP contribution is -2.29. The van der Waals surface area contributed by atoms with Crippen LogP contribution in [0.4, 0.5) is 5.82 Å². The second-order valence-corrected chi connectivity index (χ2v) is 6.21. The van der Waals surface area contributed by atoms with Gasteiger partial charge < -0.3 is 15.7 Å². The maximum absolute atomic E-state index is 12.4. The molecule has 0 saturated carbocycles. The minimum absolute atomic E-state index is 0.0555. The maximum atomic E-state index is 12.4. The van der Waals surface area contributed by atoms with Crippen LogP contribution in [-0.4, -0.2) is 51.3 Å². The second-order valence-electron chi connectivity index (χ2n) is 5.44. The number of nitrogens with zero attached hydrogens (tertiary/aromatic N) is 3. The van der Waals surface area contributed by atoms with Crippen molar-refractivity contribution in [2.45, 2.75) is 17.7 Å². The Morgan fingerprint density at radius 2 is 2.09 bits per heavy atom. The lowest BCUT2D eigenvalue weighted by molar-refractivity contribution is 0.0765. The van der Waals surface area contributed by atoms with E-state index in [2.05, 4.69) is 9.97 Å². The van der Waals surface area contributed by atoms with Crippen molar-refractivity contribution in [2.24, 2.45) is 0 Å². The molecule has 0 spiro atoms. The molecule has 1 aromatic heterocycles. The van der Waals surface area contributed by atoms with Crippen LogP contribution in [0.15, 0.2) is 35.5 Å². The maximum Gasteiger partial charge on any atom is 0.253 e. The third kappa shape index (κ3) is 3.46. The van der Waals surface area contributed by atoms with Crippen molar-refractivity contribution in [1.82, 2.24) is 14.9 Å². The van der Waals surface area contributed by atoms with Gasteiger partial charge in [0.05, 0.1) is 11.8 Å². The number of thioether (sulfide) groups is 1. The number of hydrogen-bond donors (Lipinski definition) is 2. The summed E-state index contributed by atoms with van der Waals surface area (Å²) >= 11 is 1.43. The van der Waals surface area contributed by atoms with Crippen LogP contribution in [0.3, 0.4) is 0 Å². The topological polar surface area (TPSA) is 92.3 Å². The van der Waals surface area contributed by atoms with E-state index in [9.17, 15) is 9.90 Å². The highest BCUT2D eigenvalue weighted by molar-refractivity contribution is 7.98. The van der Waals surface area contributed by atoms with Gasteiger partial charge >= 0.3 is 0 Å². The third-order valence-electron chi connectivity index (χ3n) is 3.79. The zero-order chi connectivity index (χ0) is 16.4. The molecule has 1 aliphatic heterocycles. The van der Waals surface area contributed by atoms with Crippen LogP contribution in [-0.2, 0) is 0 Å². The number of nitrogen functional groups attached to an aromatic ring is 1. The van der Waals surface area contributed by atoms with Crippen LogP contribution in [0.2, 0.25) is 0 Å². The van der Waals surface area contributed by atoms with Gasteiger partial charge in [0.25, 0.3) is 5.91 Å². The van der Waals surface area contributed by atoms with E-state index in [4.69, 9.17) is 5.73 Å². The summed E-state index contributed by atoms with van der Waals surface area (Å²) < 4.78 is 0. The van der Waals surface area contributed by atoms with Crippen molar-refractivity contribution in [3.63, 3.8) is 0 Å². The Kier molecular flexibility index (Phi) is 4.49. The number of aliphatic hydroxyl groups is 1. The Morgan fingerprint density at radius 1 is 1.35 bits per heavy atom. The van der Waals surface area contributed by atoms with Gasteiger partial charge in [0.2, 0.25) is 0 Å². The molecule has 2 heterocycles. The summed E-state index contributed by atoms with van der Waals surface area (Å²) in [6.45, 7) is 1.00. The van der Waals surface area contributed by atoms with E-state index >= 15 is 0 Å². The first-order valence-corrected chi connectivity index (χ1v) is 8.55. The average Bonchev–Trinajstić information content (AvgIpc) is 3.00. The molecule has 0 radical (unpaired) electrons. The SMILES string of the molecule is CSc1nc(N)cc(-c2ccc(C(=O)N3CC[C@@H](O)C3)cc2)n1. The average molecular weight is 330 g/mol. The van der Waals surface area contributed by atoms with Crippen molar-refractivity contribution < 1.29 is 9.90 Å². The normalized spacial score (nSPS) is 17.5. The fourth-order valence-electron chi connectivity index (χ4n) is 2.57. The first-order chi connectivity index (χ1) is 11.1. The van der Waals surface area contributed by atoms with E-state index in [-0.39, 0.29) is 5.91 Å². The number of aliphatic hydroxyl groups excluding tert-OH is 1. The molecular formula is C16H18N4O2S. The number of likely N-dealkylation sites (tertiary alicyclic amines) is 1. The summed E-state index contributed by atoms with van der Waals surface area (Å²) in [7, 11) is 0. The number of benzene rings is 1. The zero-order valence-electron chi connectivity index (χ0n) is 12.8. The standard InChI is InChI=1S/C16H18N4O2S/c1-23-16-18-13(8-14(17)19-16)10-2-4-11(5-3-10)15(22)20-7-6-12(21)9-20/h2-5,8,12,21H,6-7,9H2,1H3,(H2,17,18,19)/t12-/m1/s1. The number of carbonyl (C=O) groups is 1. The molecule has 3 rings (SSSR count). The highest BCUT2D eigenvalue weighted by Crippen LogP contribution is 2.23. The second kappa shape index (κ2) is 6.55. The predicted molar refractivity (Wildman–Crippen MR) is 90.2 cm³/mol. The molecule has 1 atom stereocenters. The Labute approximate surface area is 138 Å². The van der Waals surface area contributed by atoms with E-state index in [1.807, 2.05) is 18.4 Å². The first kappa shape index (κ1) is 15.8. The molecule has 0 unspecified atom stereocenters. The molecule has 0 aliphatic carbocycles. The van der Waals surface area contributed by atoms with Crippen LogP contribution in [0.25, 0.3) is 11.3 Å². The molecule has 2 aromatic rings. The Balaban J connectivity index is 1.82. The number of anilines is 1. The predicted octanol–water partition coefficient (Wildman–Crippen LogP) is 1.65. The highest BCUT2D eigenvalue weighted by atomic mass is 32.2. The molecule has 3 N–H and O–H groups in total. The van der Waals surface area contributed by atoms with Gasteiger partial charge in [-0.05, 0) is 24.8 Å². The van der Waals surface area contributed by atoms with Crippen molar-refractivity contribution >= 4 is 23.5 Å². The van der Waals surface area contributed by atoms with Crippen LogP contribution in [0, 0.1) is 0 Å². The van der Waals surface area contributed by atoms with Crippen molar-refractivity contribution in [1.29, 1.82) is 0 Å². The van der Waals surface area contributed by atoms with Gasteiger partial charge in [0, 0.05) is 30.3 Å². The largest absolute Gasteiger partial charge is 0.391 e. The van der Waals surface area contributed by atoms with Crippen LogP contribution >= 0.6 is 11.8 Å². The first-order valence-electron chi connectivity index (χ1n) is 7.33. The zero-order valence-corrected chi connectivity index (χ0v) is 13.6. The van der Waals surface area contributed by atoms with Crippen LogP contribution in [0.1, 0.15) is 16.8 Å². The van der Waals surface area contributed by atoms with Gasteiger partial charge in [-0.1, -0.05) is 23.9 Å². The van der Waals surface area contributed by atoms with E-state index in [1.54, 1.807) is 23.1 Å². The summed E-state index contributed by atoms with van der Waals surface area (Å²) in [5.41, 5.74) is 8.02. The Morgan fingerprint density at radius 3 is 2.70 bits per heavy atom. The fourth-order valence-corrected chi connectivity index (χ4v) is 2.96. The lowest BCUT2D eigenvalue weighted by atomic mass is 10.1. The third-order valence-corrected chi connectivity index (χ3v) is 4.33. The molecule has 120 valence electrons. The Hall–Kier alpha value is -2.12. The summed E-state index contributed by atoms with van der Waals surface area (Å²) in [5.74, 6) is 0.366. The lowest BCUT2D eigenvalue weighted by Gasteiger charge is -2.15. The van der Waals surface area contributed by atoms with Crippen molar-refractivity contribution in [3.05, 3.63) is 35.9 Å². The smallest absolute Gasteiger partial charge is 0.253 e. The van der Waals surface area contributed by atoms with E-state index in [0.717, 1.165) is 11.3 Å². The number of nitrogens with two attached hydrogens (primary N) is 1. The van der Waals surface area contributed by atoms with Crippen molar-refractivity contribution in [3.8, 4) is 11.3 Å². The quantitative estimate of drug-likeness (QED) is 0.657. The van der Waals surface area contributed by atoms with Gasteiger partial charge in [-0.2, -0.15) is 0 Å². The van der Waals surface area contributed by atoms with Crippen LogP contribution in [0.5, 0.6) is 0 Å². The van der Waals surface area contributed by atoms with Gasteiger partial charge in [-0.15, -0.1) is 0 Å². The summed E-state index contributed by atoms with van der Waals surface area (Å²) in [5, 5.41) is 10.2. The number of aromatic nitrogens is 2. The highest BCUT2D eigenvalue weighted by Gasteiger charge is 2.25. The molecule has 7 heteroatoms. The molecule has 0 bridgehead atoms. The number of carbonyl (C=O) groups excluding carboxylic acids is 1.